The van der Waals surface area contributed by atoms with Gasteiger partial charge in [-0.25, -0.2) is 0 Å². The summed E-state index contributed by atoms with van der Waals surface area (Å²) in [5.74, 6) is -0.122. The molecule has 52 valence electrons. The highest BCUT2D eigenvalue weighted by molar-refractivity contribution is 5.72. The number of carbonyl (C=O) groups is 1. The van der Waals surface area contributed by atoms with Crippen LogP contribution in [0, 0.1) is 5.41 Å². The van der Waals surface area contributed by atoms with E-state index in [0.29, 0.717) is 19.6 Å². The zero-order chi connectivity index (χ0) is 6.91. The number of nitrogens with two attached hydrogens (primary N) is 1. The minimum atomic E-state index is -0.122. The second-order valence-electron chi connectivity index (χ2n) is 2.85. The predicted octanol–water partition coefficient (Wildman–Crippen LogP) is -0.102. The standard InChI is InChI=1S/C6H11NO2/c1-6(3-7)2-5(8)9-4-6/h2-4,7H2,1H3. The molecule has 1 aliphatic rings. The third kappa shape index (κ3) is 1.21. The Balaban J connectivity index is 2.54. The van der Waals surface area contributed by atoms with Gasteiger partial charge in [0.2, 0.25) is 0 Å². The molecule has 1 rings (SSSR count). The number of cyclic esters (lactones) is 1. The number of hydrogen-bond acceptors (Lipinski definition) is 3. The number of ether oxygens (including phenoxy) is 1. The summed E-state index contributed by atoms with van der Waals surface area (Å²) in [5.41, 5.74) is 5.31. The summed E-state index contributed by atoms with van der Waals surface area (Å²) in [6.07, 6.45) is 0.476. The molecule has 2 N–H and O–H groups in total. The Morgan fingerprint density at radius 3 is 2.78 bits per heavy atom. The van der Waals surface area contributed by atoms with Crippen LogP contribution in [0.2, 0.25) is 0 Å². The van der Waals surface area contributed by atoms with Crippen LogP contribution in [0.15, 0.2) is 0 Å². The molecule has 0 spiro atoms. The summed E-state index contributed by atoms with van der Waals surface area (Å²) >= 11 is 0. The first-order chi connectivity index (χ1) is 4.16. The summed E-state index contributed by atoms with van der Waals surface area (Å²) in [4.78, 5) is 10.5. The highest BCUT2D eigenvalue weighted by Crippen LogP contribution is 2.26. The molecular weight excluding hydrogens is 118 g/mol. The normalized spacial score (nSPS) is 34.7. The minimum absolute atomic E-state index is 0.0862. The van der Waals surface area contributed by atoms with Crippen molar-refractivity contribution in [2.45, 2.75) is 13.3 Å². The van der Waals surface area contributed by atoms with Crippen molar-refractivity contribution >= 4 is 5.97 Å². The molecule has 1 saturated heterocycles. The Morgan fingerprint density at radius 2 is 2.56 bits per heavy atom. The largest absolute Gasteiger partial charge is 0.465 e. The molecule has 1 aliphatic heterocycles. The van der Waals surface area contributed by atoms with Gasteiger partial charge in [-0.15, -0.1) is 0 Å². The lowest BCUT2D eigenvalue weighted by Crippen LogP contribution is -2.27. The molecule has 0 aromatic carbocycles. The van der Waals surface area contributed by atoms with E-state index in [9.17, 15) is 4.79 Å². The zero-order valence-electron chi connectivity index (χ0n) is 5.52. The molecule has 0 amide bonds. The fourth-order valence-corrected chi connectivity index (χ4v) is 0.836. The Hall–Kier alpha value is -0.570. The molecule has 0 aromatic rings. The molecule has 3 heteroatoms. The van der Waals surface area contributed by atoms with Crippen molar-refractivity contribution in [1.29, 1.82) is 0 Å². The van der Waals surface area contributed by atoms with Gasteiger partial charge in [-0.3, -0.25) is 4.79 Å². The van der Waals surface area contributed by atoms with E-state index < -0.39 is 0 Å². The van der Waals surface area contributed by atoms with E-state index in [2.05, 4.69) is 0 Å². The monoisotopic (exact) mass is 129 g/mol. The van der Waals surface area contributed by atoms with E-state index in [1.807, 2.05) is 6.92 Å². The lowest BCUT2D eigenvalue weighted by molar-refractivity contribution is -0.137. The highest BCUT2D eigenvalue weighted by Gasteiger charge is 2.34. The van der Waals surface area contributed by atoms with Crippen molar-refractivity contribution in [2.24, 2.45) is 11.1 Å². The number of carbonyl (C=O) groups excluding carboxylic acids is 1. The predicted molar refractivity (Wildman–Crippen MR) is 32.7 cm³/mol. The lowest BCUT2D eigenvalue weighted by atomic mass is 9.90. The first-order valence-corrected chi connectivity index (χ1v) is 3.02. The van der Waals surface area contributed by atoms with Crippen LogP contribution < -0.4 is 5.73 Å². The molecule has 0 bridgehead atoms. The third-order valence-corrected chi connectivity index (χ3v) is 1.65. The maximum atomic E-state index is 10.5. The van der Waals surface area contributed by atoms with E-state index >= 15 is 0 Å². The van der Waals surface area contributed by atoms with Gasteiger partial charge >= 0.3 is 5.97 Å². The van der Waals surface area contributed by atoms with Crippen LogP contribution in [0.5, 0.6) is 0 Å². The van der Waals surface area contributed by atoms with E-state index in [0.717, 1.165) is 0 Å². The molecule has 1 fully saturated rings. The van der Waals surface area contributed by atoms with Crippen LogP contribution in [-0.2, 0) is 9.53 Å². The Morgan fingerprint density at radius 1 is 1.89 bits per heavy atom. The third-order valence-electron chi connectivity index (χ3n) is 1.65. The van der Waals surface area contributed by atoms with Crippen LogP contribution in [-0.4, -0.2) is 19.1 Å². The molecule has 0 saturated carbocycles. The van der Waals surface area contributed by atoms with Gasteiger partial charge in [-0.1, -0.05) is 6.92 Å². The number of hydrogen-bond donors (Lipinski definition) is 1. The quantitative estimate of drug-likeness (QED) is 0.503. The van der Waals surface area contributed by atoms with Crippen LogP contribution in [0.1, 0.15) is 13.3 Å². The topological polar surface area (TPSA) is 52.3 Å². The fraction of sp³-hybridized carbons (Fsp3) is 0.833. The van der Waals surface area contributed by atoms with Crippen LogP contribution in [0.4, 0.5) is 0 Å². The SMILES string of the molecule is CC1(CN)COC(=O)C1. The van der Waals surface area contributed by atoms with E-state index in [4.69, 9.17) is 10.5 Å². The molecule has 3 nitrogen and oxygen atoms in total. The molecule has 0 aromatic heterocycles. The number of esters is 1. The van der Waals surface area contributed by atoms with Crippen LogP contribution in [0.3, 0.4) is 0 Å². The Bertz CT molecular complexity index is 135. The first-order valence-electron chi connectivity index (χ1n) is 3.02. The van der Waals surface area contributed by atoms with Gasteiger partial charge in [0.1, 0.15) is 0 Å². The minimum Gasteiger partial charge on any atom is -0.465 e. The van der Waals surface area contributed by atoms with Gasteiger partial charge in [0.05, 0.1) is 13.0 Å². The average molecular weight is 129 g/mol. The fourth-order valence-electron chi connectivity index (χ4n) is 0.836. The Labute approximate surface area is 54.2 Å². The van der Waals surface area contributed by atoms with Crippen molar-refractivity contribution in [2.75, 3.05) is 13.2 Å². The smallest absolute Gasteiger partial charge is 0.306 e. The van der Waals surface area contributed by atoms with Gasteiger partial charge in [0.15, 0.2) is 0 Å². The number of rotatable bonds is 1. The summed E-state index contributed by atoms with van der Waals surface area (Å²) in [6, 6.07) is 0. The molecular formula is C6H11NO2. The van der Waals surface area contributed by atoms with Gasteiger partial charge in [-0.05, 0) is 0 Å². The van der Waals surface area contributed by atoms with Crippen molar-refractivity contribution in [3.63, 3.8) is 0 Å². The van der Waals surface area contributed by atoms with Crippen LogP contribution in [0.25, 0.3) is 0 Å². The van der Waals surface area contributed by atoms with E-state index in [1.54, 1.807) is 0 Å². The summed E-state index contributed by atoms with van der Waals surface area (Å²) in [5, 5.41) is 0. The van der Waals surface area contributed by atoms with Gasteiger partial charge in [-0.2, -0.15) is 0 Å². The molecule has 9 heavy (non-hydrogen) atoms. The van der Waals surface area contributed by atoms with E-state index in [1.165, 1.54) is 0 Å². The average Bonchev–Trinajstić information content (AvgIpc) is 2.13. The van der Waals surface area contributed by atoms with Crippen molar-refractivity contribution in [3.8, 4) is 0 Å². The molecule has 1 unspecified atom stereocenters. The first kappa shape index (κ1) is 6.55. The summed E-state index contributed by atoms with van der Waals surface area (Å²) in [6.45, 7) is 2.97. The van der Waals surface area contributed by atoms with Gasteiger partial charge < -0.3 is 10.5 Å². The van der Waals surface area contributed by atoms with Crippen LogP contribution >= 0.6 is 0 Å². The van der Waals surface area contributed by atoms with Gasteiger partial charge in [0, 0.05) is 12.0 Å². The molecule has 1 atom stereocenters. The zero-order valence-corrected chi connectivity index (χ0v) is 5.52. The summed E-state index contributed by atoms with van der Waals surface area (Å²) < 4.78 is 4.74. The molecule has 0 radical (unpaired) electrons. The maximum absolute atomic E-state index is 10.5. The maximum Gasteiger partial charge on any atom is 0.306 e. The highest BCUT2D eigenvalue weighted by atomic mass is 16.5. The van der Waals surface area contributed by atoms with Gasteiger partial charge in [0.25, 0.3) is 0 Å². The lowest BCUT2D eigenvalue weighted by Gasteiger charge is -2.15. The van der Waals surface area contributed by atoms with Crippen molar-refractivity contribution in [1.82, 2.24) is 0 Å². The second kappa shape index (κ2) is 1.99. The van der Waals surface area contributed by atoms with E-state index in [-0.39, 0.29) is 11.4 Å². The van der Waals surface area contributed by atoms with Crippen molar-refractivity contribution in [3.05, 3.63) is 0 Å². The Kier molecular flexibility index (Phi) is 1.45. The summed E-state index contributed by atoms with van der Waals surface area (Å²) in [7, 11) is 0. The van der Waals surface area contributed by atoms with Crippen molar-refractivity contribution < 1.29 is 9.53 Å². The molecule has 1 heterocycles. The second-order valence-corrected chi connectivity index (χ2v) is 2.85. The molecule has 0 aliphatic carbocycles.